The van der Waals surface area contributed by atoms with Crippen LogP contribution in [0.3, 0.4) is 0 Å². The van der Waals surface area contributed by atoms with E-state index in [0.717, 1.165) is 6.07 Å². The number of hydroxylamine groups is 1. The first-order chi connectivity index (χ1) is 9.19. The van der Waals surface area contributed by atoms with Gasteiger partial charge in [-0.1, -0.05) is 30.1 Å². The highest BCUT2D eigenvalue weighted by Gasteiger charge is 2.28. The number of carbonyl (C=O) groups excluding carboxylic acids is 2. The molecule has 0 fully saturated rings. The molecule has 20 heavy (non-hydrogen) atoms. The van der Waals surface area contributed by atoms with Crippen molar-refractivity contribution in [2.24, 2.45) is 5.41 Å². The Labute approximate surface area is 125 Å². The van der Waals surface area contributed by atoms with Crippen LogP contribution in [-0.4, -0.2) is 16.9 Å². The van der Waals surface area contributed by atoms with Crippen molar-refractivity contribution in [3.8, 4) is 0 Å². The molecular weight excluding hydrogens is 310 g/mol. The molecule has 1 rings (SSSR count). The van der Waals surface area contributed by atoms with Gasteiger partial charge in [0.05, 0.1) is 11.0 Å². The molecule has 0 saturated heterocycles. The molecule has 0 aromatic carbocycles. The van der Waals surface area contributed by atoms with Crippen LogP contribution in [0.25, 0.3) is 0 Å². The van der Waals surface area contributed by atoms with Crippen molar-refractivity contribution in [2.45, 2.75) is 27.2 Å². The summed E-state index contributed by atoms with van der Waals surface area (Å²) < 4.78 is 13.2. The van der Waals surface area contributed by atoms with Crippen LogP contribution < -0.4 is 5.48 Å². The van der Waals surface area contributed by atoms with Crippen molar-refractivity contribution in [1.82, 2.24) is 10.5 Å². The number of nitrogens with zero attached hydrogens (tertiary/aromatic N) is 1. The molecule has 1 aromatic heterocycles. The zero-order valence-electron chi connectivity index (χ0n) is 11.1. The van der Waals surface area contributed by atoms with E-state index in [4.69, 9.17) is 23.2 Å². The monoisotopic (exact) mass is 322 g/mol. The Hall–Kier alpha value is -1.40. The van der Waals surface area contributed by atoms with E-state index < -0.39 is 28.3 Å². The topological polar surface area (TPSA) is 68.3 Å². The summed E-state index contributed by atoms with van der Waals surface area (Å²) in [7, 11) is 0. The number of carbonyl (C=O) groups is 2. The smallest absolute Gasteiger partial charge is 0.337 e. The molecule has 1 aromatic rings. The van der Waals surface area contributed by atoms with Crippen LogP contribution in [0.15, 0.2) is 6.07 Å². The quantitative estimate of drug-likeness (QED) is 0.685. The molecule has 1 heterocycles. The van der Waals surface area contributed by atoms with E-state index in [1.54, 1.807) is 20.8 Å². The van der Waals surface area contributed by atoms with E-state index in [1.165, 1.54) is 0 Å². The van der Waals surface area contributed by atoms with Crippen LogP contribution >= 0.6 is 23.2 Å². The van der Waals surface area contributed by atoms with Gasteiger partial charge >= 0.3 is 5.97 Å². The molecular formula is C12H13Cl2FN2O3. The van der Waals surface area contributed by atoms with Gasteiger partial charge in [0, 0.05) is 0 Å². The average molecular weight is 323 g/mol. The third-order valence-corrected chi connectivity index (χ3v) is 3.36. The molecule has 110 valence electrons. The molecule has 0 unspecified atom stereocenters. The highest BCUT2D eigenvalue weighted by atomic mass is 35.5. The molecule has 0 bridgehead atoms. The molecule has 5 nitrogen and oxygen atoms in total. The molecule has 0 aliphatic carbocycles. The lowest BCUT2D eigenvalue weighted by Crippen LogP contribution is -2.34. The van der Waals surface area contributed by atoms with Gasteiger partial charge in [-0.15, -0.1) is 0 Å². The molecule has 1 amide bonds. The van der Waals surface area contributed by atoms with Crippen molar-refractivity contribution < 1.29 is 18.8 Å². The average Bonchev–Trinajstić information content (AvgIpc) is 2.39. The zero-order valence-corrected chi connectivity index (χ0v) is 12.6. The van der Waals surface area contributed by atoms with Crippen LogP contribution in [0.2, 0.25) is 10.3 Å². The molecule has 0 spiro atoms. The molecule has 0 saturated carbocycles. The molecule has 8 heteroatoms. The van der Waals surface area contributed by atoms with Gasteiger partial charge in [0.1, 0.15) is 5.15 Å². The Kier molecular flexibility index (Phi) is 5.30. The van der Waals surface area contributed by atoms with Gasteiger partial charge in [0.15, 0.2) is 11.0 Å². The van der Waals surface area contributed by atoms with Crippen LogP contribution in [0.5, 0.6) is 0 Å². The van der Waals surface area contributed by atoms with E-state index in [1.807, 2.05) is 5.48 Å². The fourth-order valence-electron chi connectivity index (χ4n) is 1.04. The summed E-state index contributed by atoms with van der Waals surface area (Å²) in [6, 6.07) is 0.811. The first kappa shape index (κ1) is 16.7. The minimum Gasteiger partial charge on any atom is -0.340 e. The lowest BCUT2D eigenvalue weighted by molar-refractivity contribution is -0.159. The second kappa shape index (κ2) is 6.37. The summed E-state index contributed by atoms with van der Waals surface area (Å²) in [6.45, 7) is 5.13. The number of rotatable bonds is 3. The predicted octanol–water partition coefficient (Wildman–Crippen LogP) is 3.15. The van der Waals surface area contributed by atoms with Gasteiger partial charge in [0.2, 0.25) is 0 Å². The zero-order chi connectivity index (χ0) is 15.5. The van der Waals surface area contributed by atoms with Crippen molar-refractivity contribution in [3.05, 3.63) is 27.8 Å². The van der Waals surface area contributed by atoms with Gasteiger partial charge in [0.25, 0.3) is 5.91 Å². The highest BCUT2D eigenvalue weighted by Crippen LogP contribution is 2.22. The number of aromatic nitrogens is 1. The lowest BCUT2D eigenvalue weighted by Gasteiger charge is -2.19. The molecule has 0 aliphatic heterocycles. The predicted molar refractivity (Wildman–Crippen MR) is 71.8 cm³/mol. The number of nitrogens with one attached hydrogen (secondary N) is 1. The summed E-state index contributed by atoms with van der Waals surface area (Å²) in [5, 5.41) is -0.740. The Morgan fingerprint density at radius 3 is 2.55 bits per heavy atom. The normalized spacial score (nSPS) is 11.1. The van der Waals surface area contributed by atoms with E-state index in [2.05, 4.69) is 9.82 Å². The highest BCUT2D eigenvalue weighted by molar-refractivity contribution is 6.34. The second-order valence-corrected chi connectivity index (χ2v) is 5.37. The van der Waals surface area contributed by atoms with Gasteiger partial charge in [-0.05, 0) is 26.3 Å². The van der Waals surface area contributed by atoms with Crippen molar-refractivity contribution in [2.75, 3.05) is 0 Å². The van der Waals surface area contributed by atoms with Crippen LogP contribution in [0, 0.1) is 11.2 Å². The van der Waals surface area contributed by atoms with E-state index in [9.17, 15) is 14.0 Å². The van der Waals surface area contributed by atoms with E-state index >= 15 is 0 Å². The van der Waals surface area contributed by atoms with Crippen molar-refractivity contribution >= 4 is 35.1 Å². The SMILES string of the molecule is CCC(C)(C)C(=O)ONC(=O)c1cc(F)c(Cl)nc1Cl. The number of amides is 1. The third kappa shape index (κ3) is 3.80. The maximum absolute atomic E-state index is 13.2. The fraction of sp³-hybridized carbons (Fsp3) is 0.417. The Morgan fingerprint density at radius 1 is 1.40 bits per heavy atom. The summed E-state index contributed by atoms with van der Waals surface area (Å²) >= 11 is 11.1. The standard InChI is InChI=1S/C12H13Cl2FN2O3/c1-4-12(2,3)11(19)20-17-10(18)6-5-7(15)9(14)16-8(6)13/h5H,4H2,1-3H3,(H,17,18). The Balaban J connectivity index is 2.78. The Bertz CT molecular complexity index is 550. The van der Waals surface area contributed by atoms with E-state index in [0.29, 0.717) is 6.42 Å². The molecule has 1 N–H and O–H groups in total. The van der Waals surface area contributed by atoms with Gasteiger partial charge < -0.3 is 4.84 Å². The summed E-state index contributed by atoms with van der Waals surface area (Å²) in [5.74, 6) is -2.41. The first-order valence-corrected chi connectivity index (χ1v) is 6.47. The summed E-state index contributed by atoms with van der Waals surface area (Å²) in [5.41, 5.74) is 0.873. The maximum Gasteiger partial charge on any atom is 0.337 e. The van der Waals surface area contributed by atoms with Crippen LogP contribution in [0.4, 0.5) is 4.39 Å². The van der Waals surface area contributed by atoms with Crippen LogP contribution in [0.1, 0.15) is 37.6 Å². The Morgan fingerprint density at radius 2 is 2.00 bits per heavy atom. The number of pyridine rings is 1. The molecule has 0 radical (unpaired) electrons. The van der Waals surface area contributed by atoms with Crippen molar-refractivity contribution in [1.29, 1.82) is 0 Å². The number of hydrogen-bond acceptors (Lipinski definition) is 4. The minimum absolute atomic E-state index is 0.282. The third-order valence-electron chi connectivity index (χ3n) is 2.80. The van der Waals surface area contributed by atoms with Gasteiger partial charge in [-0.2, -0.15) is 5.48 Å². The maximum atomic E-state index is 13.2. The van der Waals surface area contributed by atoms with Crippen LogP contribution in [-0.2, 0) is 9.63 Å². The van der Waals surface area contributed by atoms with Gasteiger partial charge in [-0.25, -0.2) is 14.2 Å². The fourth-order valence-corrected chi connectivity index (χ4v) is 1.44. The van der Waals surface area contributed by atoms with Crippen molar-refractivity contribution in [3.63, 3.8) is 0 Å². The molecule has 0 atom stereocenters. The summed E-state index contributed by atoms with van der Waals surface area (Å²) in [6.07, 6.45) is 0.527. The van der Waals surface area contributed by atoms with E-state index in [-0.39, 0.29) is 10.7 Å². The number of halogens is 3. The lowest BCUT2D eigenvalue weighted by atomic mass is 9.91. The first-order valence-electron chi connectivity index (χ1n) is 5.72. The van der Waals surface area contributed by atoms with Gasteiger partial charge in [-0.3, -0.25) is 4.79 Å². The molecule has 0 aliphatic rings. The largest absolute Gasteiger partial charge is 0.340 e. The summed E-state index contributed by atoms with van der Waals surface area (Å²) in [4.78, 5) is 31.5. The number of hydrogen-bond donors (Lipinski definition) is 1. The minimum atomic E-state index is -0.901. The second-order valence-electron chi connectivity index (χ2n) is 4.66.